The van der Waals surface area contributed by atoms with Crippen LogP contribution in [-0.4, -0.2) is 50.2 Å². The van der Waals surface area contributed by atoms with Gasteiger partial charge in [-0.1, -0.05) is 18.6 Å². The minimum Gasteiger partial charge on any atom is -0.300 e. The van der Waals surface area contributed by atoms with Gasteiger partial charge in [-0.25, -0.2) is 4.39 Å². The molecule has 3 aromatic rings. The van der Waals surface area contributed by atoms with Gasteiger partial charge in [0, 0.05) is 68.1 Å². The van der Waals surface area contributed by atoms with Gasteiger partial charge in [-0.3, -0.25) is 14.5 Å². The number of carbonyl (C=O) groups is 1. The van der Waals surface area contributed by atoms with E-state index in [2.05, 4.69) is 21.0 Å². The molecule has 0 atom stereocenters. The van der Waals surface area contributed by atoms with Gasteiger partial charge in [0.25, 0.3) is 0 Å². The molecule has 0 spiro atoms. The first kappa shape index (κ1) is 19.4. The number of rotatable bonds is 5. The maximum absolute atomic E-state index is 15.4. The molecule has 156 valence electrons. The minimum absolute atomic E-state index is 0.0486. The Kier molecular flexibility index (Phi) is 4.89. The molecule has 1 saturated heterocycles. The van der Waals surface area contributed by atoms with Crippen LogP contribution in [0, 0.1) is 0 Å². The van der Waals surface area contributed by atoms with Crippen LogP contribution in [0.2, 0.25) is 0 Å². The summed E-state index contributed by atoms with van der Waals surface area (Å²) in [5, 5.41) is 6.23. The van der Waals surface area contributed by atoms with Gasteiger partial charge in [0.05, 0.1) is 12.6 Å². The molecule has 1 aliphatic heterocycles. The SMILES string of the molecule is Cn1cc(-c2ccc3cnc(CC(=O)C4(F)CCN(C5CCC5)CC4)cc3c2)cn1. The monoisotopic (exact) mass is 406 g/mol. The average molecular weight is 407 g/mol. The van der Waals surface area contributed by atoms with Gasteiger partial charge in [-0.15, -0.1) is 0 Å². The Bertz CT molecular complexity index is 1080. The van der Waals surface area contributed by atoms with E-state index in [4.69, 9.17) is 0 Å². The summed E-state index contributed by atoms with van der Waals surface area (Å²) in [4.78, 5) is 19.6. The van der Waals surface area contributed by atoms with Gasteiger partial charge in [0.1, 0.15) is 0 Å². The number of fused-ring (bicyclic) bond motifs is 1. The zero-order valence-corrected chi connectivity index (χ0v) is 17.4. The van der Waals surface area contributed by atoms with Crippen LogP contribution in [0.15, 0.2) is 42.9 Å². The zero-order valence-electron chi connectivity index (χ0n) is 17.4. The van der Waals surface area contributed by atoms with Gasteiger partial charge in [0.2, 0.25) is 0 Å². The van der Waals surface area contributed by atoms with Crippen molar-refractivity contribution in [3.8, 4) is 11.1 Å². The number of piperidine rings is 1. The number of halogens is 1. The average Bonchev–Trinajstić information content (AvgIpc) is 3.14. The third-order valence-corrected chi connectivity index (χ3v) is 6.84. The number of pyridine rings is 1. The van der Waals surface area contributed by atoms with Crippen molar-refractivity contribution in [1.82, 2.24) is 19.7 Å². The summed E-state index contributed by atoms with van der Waals surface area (Å²) in [7, 11) is 1.89. The van der Waals surface area contributed by atoms with Crippen molar-refractivity contribution in [1.29, 1.82) is 0 Å². The summed E-state index contributed by atoms with van der Waals surface area (Å²) in [6.07, 6.45) is 9.94. The first-order valence-electron chi connectivity index (χ1n) is 10.8. The highest BCUT2D eigenvalue weighted by molar-refractivity contribution is 5.91. The Labute approximate surface area is 175 Å². The summed E-state index contributed by atoms with van der Waals surface area (Å²) >= 11 is 0. The van der Waals surface area contributed by atoms with E-state index < -0.39 is 5.67 Å². The number of carbonyl (C=O) groups excluding carboxylic acids is 1. The predicted octanol–water partition coefficient (Wildman–Crippen LogP) is 4.10. The highest BCUT2D eigenvalue weighted by Gasteiger charge is 2.43. The molecule has 0 N–H and O–H groups in total. The largest absolute Gasteiger partial charge is 0.300 e. The summed E-state index contributed by atoms with van der Waals surface area (Å²) < 4.78 is 17.2. The Balaban J connectivity index is 1.31. The first-order chi connectivity index (χ1) is 14.5. The van der Waals surface area contributed by atoms with Gasteiger partial charge in [-0.05, 0) is 35.9 Å². The van der Waals surface area contributed by atoms with Crippen LogP contribution in [0.1, 0.15) is 37.8 Å². The molecule has 0 amide bonds. The number of Topliss-reactive ketones (excluding diaryl/α,β-unsaturated/α-hetero) is 1. The second-order valence-corrected chi connectivity index (χ2v) is 8.83. The number of benzene rings is 1. The van der Waals surface area contributed by atoms with Crippen molar-refractivity contribution in [2.75, 3.05) is 13.1 Å². The van der Waals surface area contributed by atoms with Crippen LogP contribution >= 0.6 is 0 Å². The van der Waals surface area contributed by atoms with E-state index in [9.17, 15) is 4.79 Å². The molecule has 0 radical (unpaired) electrons. The summed E-state index contributed by atoms with van der Waals surface area (Å²) in [5.41, 5.74) is 1.02. The van der Waals surface area contributed by atoms with E-state index in [0.29, 0.717) is 37.7 Å². The third kappa shape index (κ3) is 3.65. The standard InChI is InChI=1S/C24H27FN4O/c1-28-16-20(15-27-28)17-5-6-18-14-26-21(12-19(18)11-17)13-23(30)24(25)7-9-29(10-8-24)22-3-2-4-22/h5-6,11-12,14-16,22H,2-4,7-10,13H2,1H3. The lowest BCUT2D eigenvalue weighted by Crippen LogP contribution is -2.51. The van der Waals surface area contributed by atoms with E-state index in [1.54, 1.807) is 10.9 Å². The van der Waals surface area contributed by atoms with Gasteiger partial charge >= 0.3 is 0 Å². The van der Waals surface area contributed by atoms with Crippen molar-refractivity contribution < 1.29 is 9.18 Å². The maximum Gasteiger partial charge on any atom is 0.175 e. The Morgan fingerprint density at radius 2 is 1.93 bits per heavy atom. The lowest BCUT2D eigenvalue weighted by Gasteiger charge is -2.43. The normalized spacial score (nSPS) is 19.7. The molecular formula is C24H27FN4O. The van der Waals surface area contributed by atoms with Crippen molar-refractivity contribution in [3.05, 3.63) is 48.5 Å². The topological polar surface area (TPSA) is 51.0 Å². The second kappa shape index (κ2) is 7.58. The van der Waals surface area contributed by atoms with Gasteiger partial charge in [-0.2, -0.15) is 5.10 Å². The fourth-order valence-corrected chi connectivity index (χ4v) is 4.63. The van der Waals surface area contributed by atoms with E-state index in [1.165, 1.54) is 19.3 Å². The lowest BCUT2D eigenvalue weighted by molar-refractivity contribution is -0.133. The summed E-state index contributed by atoms with van der Waals surface area (Å²) in [5.74, 6) is -0.328. The minimum atomic E-state index is -1.71. The smallest absolute Gasteiger partial charge is 0.175 e. The van der Waals surface area contributed by atoms with E-state index in [0.717, 1.165) is 21.9 Å². The number of ketones is 1. The Morgan fingerprint density at radius 3 is 2.60 bits per heavy atom. The lowest BCUT2D eigenvalue weighted by atomic mass is 9.83. The van der Waals surface area contributed by atoms with Crippen LogP contribution in [-0.2, 0) is 18.3 Å². The van der Waals surface area contributed by atoms with Crippen LogP contribution < -0.4 is 0 Å². The molecule has 5 rings (SSSR count). The second-order valence-electron chi connectivity index (χ2n) is 8.83. The molecule has 3 heterocycles. The molecule has 1 saturated carbocycles. The van der Waals surface area contributed by atoms with Crippen molar-refractivity contribution in [3.63, 3.8) is 0 Å². The number of hydrogen-bond acceptors (Lipinski definition) is 4. The molecule has 6 heteroatoms. The molecule has 1 aliphatic carbocycles. The van der Waals surface area contributed by atoms with E-state index in [1.807, 2.05) is 37.6 Å². The number of alkyl halides is 1. The molecule has 30 heavy (non-hydrogen) atoms. The molecule has 2 aliphatic rings. The Hall–Kier alpha value is -2.60. The van der Waals surface area contributed by atoms with Gasteiger partial charge < -0.3 is 4.90 Å². The van der Waals surface area contributed by atoms with Crippen molar-refractivity contribution >= 4 is 16.6 Å². The molecule has 2 aromatic heterocycles. The fourth-order valence-electron chi connectivity index (χ4n) is 4.63. The molecule has 5 nitrogen and oxygen atoms in total. The third-order valence-electron chi connectivity index (χ3n) is 6.84. The molecule has 0 unspecified atom stereocenters. The van der Waals surface area contributed by atoms with Crippen LogP contribution in [0.3, 0.4) is 0 Å². The van der Waals surface area contributed by atoms with Crippen LogP contribution in [0.25, 0.3) is 21.9 Å². The molecule has 0 bridgehead atoms. The summed E-state index contributed by atoms with van der Waals surface area (Å²) in [6.45, 7) is 1.37. The Morgan fingerprint density at radius 1 is 1.13 bits per heavy atom. The van der Waals surface area contributed by atoms with E-state index in [-0.39, 0.29) is 12.2 Å². The molecule has 1 aromatic carbocycles. The highest BCUT2D eigenvalue weighted by atomic mass is 19.1. The molecular weight excluding hydrogens is 379 g/mol. The molecule has 2 fully saturated rings. The van der Waals surface area contributed by atoms with Crippen LogP contribution in [0.4, 0.5) is 4.39 Å². The fraction of sp³-hybridized carbons (Fsp3) is 0.458. The summed E-state index contributed by atoms with van der Waals surface area (Å²) in [6, 6.07) is 8.66. The first-order valence-corrected chi connectivity index (χ1v) is 10.8. The maximum atomic E-state index is 15.4. The highest BCUT2D eigenvalue weighted by Crippen LogP contribution is 2.34. The van der Waals surface area contributed by atoms with Gasteiger partial charge in [0.15, 0.2) is 11.5 Å². The quantitative estimate of drug-likeness (QED) is 0.640. The van der Waals surface area contributed by atoms with Crippen molar-refractivity contribution in [2.24, 2.45) is 7.05 Å². The predicted molar refractivity (Wildman–Crippen MR) is 115 cm³/mol. The van der Waals surface area contributed by atoms with Crippen LogP contribution in [0.5, 0.6) is 0 Å². The number of likely N-dealkylation sites (tertiary alicyclic amines) is 1. The number of aromatic nitrogens is 3. The number of nitrogens with zero attached hydrogens (tertiary/aromatic N) is 4. The number of aryl methyl sites for hydroxylation is 1. The van der Waals surface area contributed by atoms with Crippen molar-refractivity contribution in [2.45, 2.75) is 50.2 Å². The zero-order chi connectivity index (χ0) is 20.7. The number of hydrogen-bond donors (Lipinski definition) is 0. The van der Waals surface area contributed by atoms with E-state index >= 15 is 4.39 Å².